The Morgan fingerprint density at radius 3 is 1.92 bits per heavy atom. The predicted octanol–water partition coefficient (Wildman–Crippen LogP) is -3.25. The summed E-state index contributed by atoms with van der Waals surface area (Å²) in [6.45, 7) is 2.68. The molecule has 2 fully saturated rings. The van der Waals surface area contributed by atoms with Gasteiger partial charge in [0.05, 0.1) is 19.7 Å². The van der Waals surface area contributed by atoms with Gasteiger partial charge < -0.3 is 41.7 Å². The summed E-state index contributed by atoms with van der Waals surface area (Å²) in [5.41, 5.74) is 5.42. The van der Waals surface area contributed by atoms with Crippen molar-refractivity contribution in [3.8, 4) is 0 Å². The Morgan fingerprint density at radius 1 is 0.917 bits per heavy atom. The Morgan fingerprint density at radius 2 is 1.44 bits per heavy atom. The van der Waals surface area contributed by atoms with E-state index in [9.17, 15) is 28.8 Å². The van der Waals surface area contributed by atoms with E-state index in [1.54, 1.807) is 13.8 Å². The third-order valence-corrected chi connectivity index (χ3v) is 6.38. The number of amides is 5. The maximum atomic E-state index is 12.8. The molecule has 2 aliphatic heterocycles. The summed E-state index contributed by atoms with van der Waals surface area (Å²) in [5, 5.41) is 25.5. The second-order valence-corrected chi connectivity index (χ2v) is 9.22. The van der Waals surface area contributed by atoms with E-state index in [-0.39, 0.29) is 24.9 Å². The van der Waals surface area contributed by atoms with Gasteiger partial charge in [0.2, 0.25) is 29.5 Å². The fourth-order valence-electron chi connectivity index (χ4n) is 4.40. The highest BCUT2D eigenvalue weighted by Crippen LogP contribution is 2.19. The van der Waals surface area contributed by atoms with Gasteiger partial charge in [0.25, 0.3) is 0 Å². The minimum Gasteiger partial charge on any atom is -0.480 e. The highest BCUT2D eigenvalue weighted by Gasteiger charge is 2.38. The zero-order valence-electron chi connectivity index (χ0n) is 20.6. The monoisotopic (exact) mass is 512 g/mol. The van der Waals surface area contributed by atoms with Crippen LogP contribution in [-0.2, 0) is 28.8 Å². The number of rotatable bonds is 11. The molecule has 0 aromatic heterocycles. The van der Waals surface area contributed by atoms with Gasteiger partial charge >= 0.3 is 5.97 Å². The van der Waals surface area contributed by atoms with Gasteiger partial charge in [-0.1, -0.05) is 13.8 Å². The Labute approximate surface area is 208 Å². The summed E-state index contributed by atoms with van der Waals surface area (Å²) < 4.78 is 0. The number of aliphatic carboxylic acids is 1. The van der Waals surface area contributed by atoms with Gasteiger partial charge in [-0.3, -0.25) is 24.0 Å². The van der Waals surface area contributed by atoms with Gasteiger partial charge in [0, 0.05) is 13.1 Å². The summed E-state index contributed by atoms with van der Waals surface area (Å²) in [6.07, 6.45) is 1.93. The average Bonchev–Trinajstić information content (AvgIpc) is 3.53. The van der Waals surface area contributed by atoms with Crippen molar-refractivity contribution < 1.29 is 39.0 Å². The maximum Gasteiger partial charge on any atom is 0.328 e. The number of aliphatic hydroxyl groups is 1. The van der Waals surface area contributed by atoms with Gasteiger partial charge in [0.1, 0.15) is 24.2 Å². The maximum absolute atomic E-state index is 12.8. The number of aliphatic hydroxyl groups excluding tert-OH is 1. The van der Waals surface area contributed by atoms with E-state index in [0.717, 1.165) is 0 Å². The van der Waals surface area contributed by atoms with Gasteiger partial charge in [-0.15, -0.1) is 0 Å². The number of likely N-dealkylation sites (tertiary alicyclic amines) is 2. The van der Waals surface area contributed by atoms with Crippen LogP contribution >= 0.6 is 0 Å². The largest absolute Gasteiger partial charge is 0.480 e. The number of carbonyl (C=O) groups is 6. The van der Waals surface area contributed by atoms with Crippen LogP contribution in [0.5, 0.6) is 0 Å². The van der Waals surface area contributed by atoms with Crippen LogP contribution in [-0.4, -0.2) is 112 Å². The van der Waals surface area contributed by atoms with Crippen molar-refractivity contribution in [2.75, 3.05) is 32.8 Å². The summed E-state index contributed by atoms with van der Waals surface area (Å²) in [5.74, 6) is -4.36. The quantitative estimate of drug-likeness (QED) is 0.164. The molecular formula is C22H36N6O8. The number of carboxylic acid groups (broad SMARTS) is 1. The summed E-state index contributed by atoms with van der Waals surface area (Å²) in [6, 6.07) is -4.08. The van der Waals surface area contributed by atoms with Gasteiger partial charge in [-0.25, -0.2) is 4.79 Å². The molecule has 0 bridgehead atoms. The molecule has 2 rings (SSSR count). The van der Waals surface area contributed by atoms with Crippen molar-refractivity contribution >= 4 is 35.5 Å². The molecule has 2 saturated heterocycles. The molecule has 0 aromatic carbocycles. The number of carbonyl (C=O) groups excluding carboxylic acids is 5. The van der Waals surface area contributed by atoms with Crippen molar-refractivity contribution in [2.45, 2.75) is 63.7 Å². The first kappa shape index (κ1) is 29.0. The fourth-order valence-corrected chi connectivity index (χ4v) is 4.40. The fraction of sp³-hybridized carbons (Fsp3) is 0.727. The molecule has 14 nitrogen and oxygen atoms in total. The normalized spacial score (nSPS) is 21.1. The topological polar surface area (TPSA) is 211 Å². The van der Waals surface area contributed by atoms with E-state index < -0.39 is 66.9 Å². The molecule has 7 N–H and O–H groups in total. The van der Waals surface area contributed by atoms with Crippen LogP contribution in [0.4, 0.5) is 0 Å². The van der Waals surface area contributed by atoms with E-state index >= 15 is 0 Å². The first-order chi connectivity index (χ1) is 17.0. The summed E-state index contributed by atoms with van der Waals surface area (Å²) in [7, 11) is 0. The molecule has 14 heteroatoms. The molecule has 0 spiro atoms. The number of carboxylic acids is 1. The van der Waals surface area contributed by atoms with Crippen molar-refractivity contribution in [3.05, 3.63) is 0 Å². The first-order valence-corrected chi connectivity index (χ1v) is 12.0. The van der Waals surface area contributed by atoms with Crippen LogP contribution in [0.1, 0.15) is 39.5 Å². The van der Waals surface area contributed by atoms with E-state index in [4.69, 9.17) is 15.9 Å². The molecule has 2 aliphatic rings. The molecule has 0 radical (unpaired) electrons. The van der Waals surface area contributed by atoms with Gasteiger partial charge in [-0.05, 0) is 31.6 Å². The molecule has 0 saturated carbocycles. The molecule has 2 heterocycles. The van der Waals surface area contributed by atoms with Crippen LogP contribution in [0.25, 0.3) is 0 Å². The summed E-state index contributed by atoms with van der Waals surface area (Å²) in [4.78, 5) is 76.6. The van der Waals surface area contributed by atoms with Crippen LogP contribution in [0.2, 0.25) is 0 Å². The zero-order chi connectivity index (χ0) is 27.0. The number of hydrogen-bond donors (Lipinski definition) is 6. The number of nitrogens with one attached hydrogen (secondary N) is 3. The highest BCUT2D eigenvalue weighted by molar-refractivity contribution is 5.95. The SMILES string of the molecule is CC(C)[C@H](NC(=O)[C@@H]1CCCN1C(=O)CN)C(=O)NCC(=O)N1CCC[C@H]1C(=O)N[C@@H](CO)C(=O)O. The van der Waals surface area contributed by atoms with Crippen molar-refractivity contribution in [1.82, 2.24) is 25.8 Å². The zero-order valence-corrected chi connectivity index (χ0v) is 20.6. The first-order valence-electron chi connectivity index (χ1n) is 12.0. The minimum absolute atomic E-state index is 0.216. The van der Waals surface area contributed by atoms with Crippen LogP contribution in [0.15, 0.2) is 0 Å². The highest BCUT2D eigenvalue weighted by atomic mass is 16.4. The predicted molar refractivity (Wildman–Crippen MR) is 125 cm³/mol. The van der Waals surface area contributed by atoms with E-state index in [1.807, 2.05) is 0 Å². The van der Waals surface area contributed by atoms with Crippen LogP contribution in [0.3, 0.4) is 0 Å². The lowest BCUT2D eigenvalue weighted by atomic mass is 10.0. The molecule has 36 heavy (non-hydrogen) atoms. The second kappa shape index (κ2) is 13.2. The molecule has 202 valence electrons. The molecule has 5 amide bonds. The van der Waals surface area contributed by atoms with Crippen molar-refractivity contribution in [3.63, 3.8) is 0 Å². The lowest BCUT2D eigenvalue weighted by Crippen LogP contribution is -2.57. The Hall–Kier alpha value is -3.26. The van der Waals surface area contributed by atoms with Gasteiger partial charge in [-0.2, -0.15) is 0 Å². The lowest BCUT2D eigenvalue weighted by Gasteiger charge is -2.28. The van der Waals surface area contributed by atoms with Gasteiger partial charge in [0.15, 0.2) is 0 Å². The second-order valence-electron chi connectivity index (χ2n) is 9.22. The molecule has 0 aliphatic carbocycles. The van der Waals surface area contributed by atoms with E-state index in [1.165, 1.54) is 9.80 Å². The number of hydrogen-bond acceptors (Lipinski definition) is 8. The smallest absolute Gasteiger partial charge is 0.328 e. The summed E-state index contributed by atoms with van der Waals surface area (Å²) >= 11 is 0. The standard InChI is InChI=1S/C22H36N6O8/c1-12(2)18(26-20(33)15-6-3-7-27(15)16(30)9-23)21(34)24-10-17(31)28-8-4-5-14(28)19(32)25-13(11-29)22(35)36/h12-15,18,29H,3-11,23H2,1-2H3,(H,24,34)(H,25,32)(H,26,33)(H,35,36)/t13-,14-,15-,18-/m0/s1. The number of nitrogens with zero attached hydrogens (tertiary/aromatic N) is 2. The third-order valence-electron chi connectivity index (χ3n) is 6.38. The molecule has 4 atom stereocenters. The Bertz CT molecular complexity index is 865. The van der Waals surface area contributed by atoms with Crippen LogP contribution < -0.4 is 21.7 Å². The van der Waals surface area contributed by atoms with Crippen molar-refractivity contribution in [2.24, 2.45) is 11.7 Å². The number of nitrogens with two attached hydrogens (primary N) is 1. The molecular weight excluding hydrogens is 476 g/mol. The molecule has 0 aromatic rings. The average molecular weight is 513 g/mol. The van der Waals surface area contributed by atoms with Crippen molar-refractivity contribution in [1.29, 1.82) is 0 Å². The lowest BCUT2D eigenvalue weighted by molar-refractivity contribution is -0.145. The minimum atomic E-state index is -1.49. The van der Waals surface area contributed by atoms with E-state index in [0.29, 0.717) is 32.2 Å². The van der Waals surface area contributed by atoms with E-state index in [2.05, 4.69) is 16.0 Å². The Kier molecular flexibility index (Phi) is 10.6. The van der Waals surface area contributed by atoms with Crippen LogP contribution in [0, 0.1) is 5.92 Å². The Balaban J connectivity index is 1.96. The molecule has 0 unspecified atom stereocenters. The third kappa shape index (κ3) is 7.13.